The molecule has 5 aliphatic rings. The zero-order valence-electron chi connectivity index (χ0n) is 20.5. The summed E-state index contributed by atoms with van der Waals surface area (Å²) in [6, 6.07) is 9.64. The van der Waals surface area contributed by atoms with E-state index in [9.17, 15) is 4.39 Å². The number of anilines is 1. The number of alkyl halides is 1. The normalized spacial score (nSPS) is 32.3. The Morgan fingerprint density at radius 3 is 2.77 bits per heavy atom. The first-order valence-electron chi connectivity index (χ1n) is 13.4. The van der Waals surface area contributed by atoms with Gasteiger partial charge in [0.2, 0.25) is 0 Å². The van der Waals surface area contributed by atoms with Gasteiger partial charge in [0.1, 0.15) is 5.82 Å². The van der Waals surface area contributed by atoms with Crippen molar-refractivity contribution in [2.45, 2.75) is 69.1 Å². The Bertz CT molecular complexity index is 1200. The lowest BCUT2D eigenvalue weighted by atomic mass is 9.48. The van der Waals surface area contributed by atoms with E-state index in [0.29, 0.717) is 24.0 Å². The molecule has 2 N–H and O–H groups in total. The summed E-state index contributed by atoms with van der Waals surface area (Å²) in [5.41, 5.74) is 5.36. The van der Waals surface area contributed by atoms with Crippen LogP contribution in [0.15, 0.2) is 36.7 Å². The molecule has 2 aliphatic heterocycles. The lowest BCUT2D eigenvalue weighted by molar-refractivity contribution is -0.174. The maximum absolute atomic E-state index is 12.5. The first-order valence-corrected chi connectivity index (χ1v) is 13.4. The molecule has 3 saturated carbocycles. The molecule has 0 radical (unpaired) electrons. The minimum Gasteiger partial charge on any atom is -0.365 e. The van der Waals surface area contributed by atoms with Gasteiger partial charge in [-0.15, -0.1) is 0 Å². The average Bonchev–Trinajstić information content (AvgIpc) is 3.41. The number of H-pyrrole nitrogens is 1. The van der Waals surface area contributed by atoms with Gasteiger partial charge in [0.15, 0.2) is 0 Å². The maximum atomic E-state index is 12.5. The Hall–Kier alpha value is -2.51. The van der Waals surface area contributed by atoms with E-state index in [1.165, 1.54) is 41.4 Å². The second-order valence-corrected chi connectivity index (χ2v) is 11.4. The zero-order chi connectivity index (χ0) is 23.6. The van der Waals surface area contributed by atoms with E-state index in [1.807, 2.05) is 12.4 Å². The highest BCUT2D eigenvalue weighted by atomic mass is 19.1. The van der Waals surface area contributed by atoms with Crippen molar-refractivity contribution in [3.05, 3.63) is 53.6 Å². The number of hydrogen-bond acceptors (Lipinski definition) is 5. The molecule has 1 saturated heterocycles. The van der Waals surface area contributed by atoms with Gasteiger partial charge in [-0.2, -0.15) is 0 Å². The topological polar surface area (TPSA) is 60.1 Å². The van der Waals surface area contributed by atoms with Gasteiger partial charge in [-0.1, -0.05) is 18.2 Å². The van der Waals surface area contributed by atoms with Gasteiger partial charge < -0.3 is 15.2 Å². The van der Waals surface area contributed by atoms with Crippen molar-refractivity contribution < 1.29 is 4.39 Å². The third-order valence-corrected chi connectivity index (χ3v) is 9.11. The minimum atomic E-state index is -0.238. The molecule has 3 atom stereocenters. The Morgan fingerprint density at radius 1 is 1.17 bits per heavy atom. The van der Waals surface area contributed by atoms with Crippen molar-refractivity contribution in [3.63, 3.8) is 0 Å². The van der Waals surface area contributed by atoms with Gasteiger partial charge in [0, 0.05) is 53.9 Å². The minimum absolute atomic E-state index is 0.117. The molecule has 35 heavy (non-hydrogen) atoms. The predicted molar refractivity (Wildman–Crippen MR) is 136 cm³/mol. The molecule has 0 spiro atoms. The van der Waals surface area contributed by atoms with Gasteiger partial charge in [-0.05, 0) is 63.0 Å². The fraction of sp³-hybridized carbons (Fsp3) is 0.571. The Kier molecular flexibility index (Phi) is 5.14. The first-order chi connectivity index (χ1) is 17.1. The summed E-state index contributed by atoms with van der Waals surface area (Å²) in [5.74, 6) is 1.77. The van der Waals surface area contributed by atoms with Crippen LogP contribution in [0.1, 0.15) is 62.0 Å². The van der Waals surface area contributed by atoms with Gasteiger partial charge in [-0.3, -0.25) is 14.3 Å². The van der Waals surface area contributed by atoms with E-state index in [0.717, 1.165) is 49.9 Å². The van der Waals surface area contributed by atoms with Crippen LogP contribution in [0.3, 0.4) is 0 Å². The summed E-state index contributed by atoms with van der Waals surface area (Å²) < 4.78 is 12.5. The van der Waals surface area contributed by atoms with E-state index >= 15 is 0 Å². The summed E-state index contributed by atoms with van der Waals surface area (Å²) >= 11 is 0. The Labute approximate surface area is 206 Å². The fourth-order valence-electron chi connectivity index (χ4n) is 7.44. The third kappa shape index (κ3) is 3.50. The highest BCUT2D eigenvalue weighted by Gasteiger charge is 2.63. The number of para-hydroxylation sites is 1. The SMILES string of the molecule is C[C@@H]1Cc2c([nH]c3ccccc23)[C@@H](c2cnc(NC3CCN(CCCF)C3)cn2)N1C12CC(C1)C2. The van der Waals surface area contributed by atoms with Crippen molar-refractivity contribution in [3.8, 4) is 0 Å². The number of hydrogen-bond donors (Lipinski definition) is 2. The molecule has 4 fully saturated rings. The van der Waals surface area contributed by atoms with Crippen LogP contribution < -0.4 is 5.32 Å². The standard InChI is InChI=1S/C28H35FN6/c1-18-11-22-21-5-2-3-6-23(21)33-26(22)27(35(18)28-12-19(13-28)14-28)24-15-31-25(16-30-24)32-20-7-10-34(17-20)9-4-8-29/h2-3,5-6,15-16,18-20,27,33H,4,7-14,17H2,1H3,(H,31,32)/t18-,19?,20?,27-,28?/m1/s1. The lowest BCUT2D eigenvalue weighted by Gasteiger charge is -2.69. The molecule has 0 amide bonds. The van der Waals surface area contributed by atoms with Crippen molar-refractivity contribution in [1.29, 1.82) is 0 Å². The number of halogens is 1. The molecule has 1 aromatic carbocycles. The second-order valence-electron chi connectivity index (χ2n) is 11.4. The zero-order valence-corrected chi connectivity index (χ0v) is 20.5. The second kappa shape index (κ2) is 8.27. The summed E-state index contributed by atoms with van der Waals surface area (Å²) in [5, 5.41) is 4.92. The van der Waals surface area contributed by atoms with E-state index in [2.05, 4.69) is 51.3 Å². The molecule has 6 nitrogen and oxygen atoms in total. The average molecular weight is 475 g/mol. The Morgan fingerprint density at radius 2 is 2.03 bits per heavy atom. The number of nitrogens with zero attached hydrogens (tertiary/aromatic N) is 4. The van der Waals surface area contributed by atoms with E-state index in [4.69, 9.17) is 9.97 Å². The van der Waals surface area contributed by atoms with Gasteiger partial charge in [0.05, 0.1) is 30.8 Å². The molecule has 2 bridgehead atoms. The summed E-state index contributed by atoms with van der Waals surface area (Å²) in [4.78, 5) is 18.7. The summed E-state index contributed by atoms with van der Waals surface area (Å²) in [7, 11) is 0. The number of likely N-dealkylation sites (tertiary alicyclic amines) is 1. The molecule has 7 heteroatoms. The lowest BCUT2D eigenvalue weighted by Crippen LogP contribution is -2.71. The first kappa shape index (κ1) is 21.7. The number of benzene rings is 1. The number of nitrogens with one attached hydrogen (secondary N) is 2. The highest BCUT2D eigenvalue weighted by Crippen LogP contribution is 2.64. The molecule has 3 aromatic rings. The van der Waals surface area contributed by atoms with Crippen molar-refractivity contribution >= 4 is 16.7 Å². The predicted octanol–water partition coefficient (Wildman–Crippen LogP) is 4.69. The summed E-state index contributed by atoms with van der Waals surface area (Å²) in [6.07, 6.45) is 10.7. The number of fused-ring (bicyclic) bond motifs is 3. The number of rotatable bonds is 7. The van der Waals surface area contributed by atoms with E-state index in [1.54, 1.807) is 0 Å². The van der Waals surface area contributed by atoms with E-state index in [-0.39, 0.29) is 12.7 Å². The monoisotopic (exact) mass is 474 g/mol. The van der Waals surface area contributed by atoms with Crippen LogP contribution >= 0.6 is 0 Å². The molecule has 4 heterocycles. The highest BCUT2D eigenvalue weighted by molar-refractivity contribution is 5.85. The quantitative estimate of drug-likeness (QED) is 0.520. The van der Waals surface area contributed by atoms with Crippen molar-refractivity contribution in [1.82, 2.24) is 24.8 Å². The number of aromatic nitrogens is 3. The smallest absolute Gasteiger partial charge is 0.144 e. The van der Waals surface area contributed by atoms with Crippen molar-refractivity contribution in [2.24, 2.45) is 5.92 Å². The van der Waals surface area contributed by atoms with Crippen LogP contribution in [-0.2, 0) is 6.42 Å². The van der Waals surface area contributed by atoms with Crippen LogP contribution in [0, 0.1) is 5.92 Å². The van der Waals surface area contributed by atoms with Crippen molar-refractivity contribution in [2.75, 3.05) is 31.6 Å². The maximum Gasteiger partial charge on any atom is 0.144 e. The Balaban J connectivity index is 1.18. The van der Waals surface area contributed by atoms with Gasteiger partial charge in [0.25, 0.3) is 0 Å². The van der Waals surface area contributed by atoms with E-state index < -0.39 is 0 Å². The van der Waals surface area contributed by atoms with Crippen LogP contribution in [0.4, 0.5) is 10.2 Å². The summed E-state index contributed by atoms with van der Waals surface area (Å²) in [6.45, 7) is 4.96. The molecule has 8 rings (SSSR count). The van der Waals surface area contributed by atoms with Crippen LogP contribution in [0.25, 0.3) is 10.9 Å². The van der Waals surface area contributed by atoms with Gasteiger partial charge in [-0.25, -0.2) is 4.98 Å². The van der Waals surface area contributed by atoms with Crippen LogP contribution in [0.2, 0.25) is 0 Å². The molecule has 1 unspecified atom stereocenters. The molecule has 2 aromatic heterocycles. The molecule has 184 valence electrons. The molecular weight excluding hydrogens is 439 g/mol. The van der Waals surface area contributed by atoms with Crippen LogP contribution in [-0.4, -0.2) is 68.7 Å². The third-order valence-electron chi connectivity index (χ3n) is 9.11. The molecule has 3 aliphatic carbocycles. The fourth-order valence-corrected chi connectivity index (χ4v) is 7.44. The molecular formula is C28H35FN6. The van der Waals surface area contributed by atoms with Gasteiger partial charge >= 0.3 is 0 Å². The largest absolute Gasteiger partial charge is 0.365 e. The van der Waals surface area contributed by atoms with Crippen LogP contribution in [0.5, 0.6) is 0 Å². The number of aromatic amines is 1.